The fourth-order valence-electron chi connectivity index (χ4n) is 4.34. The maximum absolute atomic E-state index is 13.1. The molecule has 0 spiro atoms. The smallest absolute Gasteiger partial charge is 0.241 e. The maximum Gasteiger partial charge on any atom is 0.241 e. The topological polar surface area (TPSA) is 78.5 Å². The monoisotopic (exact) mass is 395 g/mol. The molecule has 1 saturated carbocycles. The highest BCUT2D eigenvalue weighted by molar-refractivity contribution is 7.92. The second-order valence-corrected chi connectivity index (χ2v) is 10.4. The summed E-state index contributed by atoms with van der Waals surface area (Å²) < 4.78 is 38.5. The molecule has 3 aliphatic rings. The summed E-state index contributed by atoms with van der Waals surface area (Å²) in [5, 5.41) is -0.630. The molecule has 27 heavy (non-hydrogen) atoms. The lowest BCUT2D eigenvalue weighted by Gasteiger charge is -2.41. The van der Waals surface area contributed by atoms with Crippen LogP contribution in [0.15, 0.2) is 24.3 Å². The van der Waals surface area contributed by atoms with E-state index in [0.29, 0.717) is 19.5 Å². The first-order valence-electron chi connectivity index (χ1n) is 9.73. The van der Waals surface area contributed by atoms with Gasteiger partial charge in [0, 0.05) is 19.1 Å². The van der Waals surface area contributed by atoms with Crippen molar-refractivity contribution in [3.63, 3.8) is 0 Å². The SMILES string of the molecule is O=C(C1CC(c2ccc(F)cc2)NN1)N1CC(S(=O)(=O)C2CCCCC2)C1. The molecule has 148 valence electrons. The minimum Gasteiger partial charge on any atom is -0.339 e. The number of halogens is 1. The molecule has 2 aliphatic heterocycles. The third-order valence-electron chi connectivity index (χ3n) is 6.11. The molecule has 2 unspecified atom stereocenters. The first-order chi connectivity index (χ1) is 12.9. The number of hydrazine groups is 1. The highest BCUT2D eigenvalue weighted by Crippen LogP contribution is 2.31. The number of carbonyl (C=O) groups is 1. The van der Waals surface area contributed by atoms with Crippen LogP contribution in [0.1, 0.15) is 50.1 Å². The lowest BCUT2D eigenvalue weighted by Crippen LogP contribution is -2.61. The minimum absolute atomic E-state index is 0.0670. The molecule has 2 N–H and O–H groups in total. The summed E-state index contributed by atoms with van der Waals surface area (Å²) in [6, 6.07) is 5.77. The molecule has 3 fully saturated rings. The molecule has 2 saturated heterocycles. The van der Waals surface area contributed by atoms with E-state index in [1.54, 1.807) is 17.0 Å². The zero-order valence-electron chi connectivity index (χ0n) is 15.2. The van der Waals surface area contributed by atoms with Gasteiger partial charge in [0.25, 0.3) is 0 Å². The molecule has 0 radical (unpaired) electrons. The fourth-order valence-corrected chi connectivity index (χ4v) is 6.65. The number of nitrogens with zero attached hydrogens (tertiary/aromatic N) is 1. The van der Waals surface area contributed by atoms with Gasteiger partial charge >= 0.3 is 0 Å². The quantitative estimate of drug-likeness (QED) is 0.811. The van der Waals surface area contributed by atoms with Crippen molar-refractivity contribution in [2.75, 3.05) is 13.1 Å². The van der Waals surface area contributed by atoms with Crippen molar-refractivity contribution in [2.24, 2.45) is 0 Å². The second-order valence-electron chi connectivity index (χ2n) is 7.90. The van der Waals surface area contributed by atoms with Crippen LogP contribution in [0.4, 0.5) is 4.39 Å². The van der Waals surface area contributed by atoms with Crippen molar-refractivity contribution in [1.82, 2.24) is 15.8 Å². The Labute approximate surface area is 159 Å². The molecule has 0 aromatic heterocycles. The number of sulfone groups is 1. The number of nitrogens with one attached hydrogen (secondary N) is 2. The van der Waals surface area contributed by atoms with Gasteiger partial charge in [-0.3, -0.25) is 4.79 Å². The number of amides is 1. The lowest BCUT2D eigenvalue weighted by molar-refractivity contribution is -0.136. The van der Waals surface area contributed by atoms with Gasteiger partial charge in [0.15, 0.2) is 9.84 Å². The van der Waals surface area contributed by atoms with Crippen molar-refractivity contribution in [3.8, 4) is 0 Å². The Morgan fingerprint density at radius 2 is 1.67 bits per heavy atom. The van der Waals surface area contributed by atoms with Crippen LogP contribution in [0.2, 0.25) is 0 Å². The Bertz CT molecular complexity index is 787. The number of hydrogen-bond donors (Lipinski definition) is 2. The summed E-state index contributed by atoms with van der Waals surface area (Å²) in [6.07, 6.45) is 5.18. The zero-order valence-corrected chi connectivity index (χ0v) is 16.1. The maximum atomic E-state index is 13.1. The summed E-state index contributed by atoms with van der Waals surface area (Å²) in [4.78, 5) is 14.3. The van der Waals surface area contributed by atoms with Crippen LogP contribution in [0, 0.1) is 5.82 Å². The molecule has 6 nitrogen and oxygen atoms in total. The first kappa shape index (κ1) is 18.8. The highest BCUT2D eigenvalue weighted by atomic mass is 32.2. The lowest BCUT2D eigenvalue weighted by atomic mass is 10.0. The van der Waals surface area contributed by atoms with Gasteiger partial charge in [-0.25, -0.2) is 23.7 Å². The van der Waals surface area contributed by atoms with Crippen LogP contribution in [0.3, 0.4) is 0 Å². The van der Waals surface area contributed by atoms with Gasteiger partial charge < -0.3 is 4.90 Å². The highest BCUT2D eigenvalue weighted by Gasteiger charge is 2.45. The van der Waals surface area contributed by atoms with Crippen LogP contribution >= 0.6 is 0 Å². The van der Waals surface area contributed by atoms with Crippen LogP contribution in [-0.2, 0) is 14.6 Å². The third-order valence-corrected chi connectivity index (χ3v) is 8.74. The van der Waals surface area contributed by atoms with E-state index in [2.05, 4.69) is 10.9 Å². The summed E-state index contributed by atoms with van der Waals surface area (Å²) in [5.41, 5.74) is 7.00. The van der Waals surface area contributed by atoms with E-state index >= 15 is 0 Å². The predicted octanol–water partition coefficient (Wildman–Crippen LogP) is 1.69. The summed E-state index contributed by atoms with van der Waals surface area (Å²) in [6.45, 7) is 0.605. The number of likely N-dealkylation sites (tertiary alicyclic amines) is 1. The second kappa shape index (κ2) is 7.48. The molecule has 1 aromatic carbocycles. The third kappa shape index (κ3) is 3.75. The van der Waals surface area contributed by atoms with E-state index in [0.717, 1.165) is 37.7 Å². The van der Waals surface area contributed by atoms with Crippen molar-refractivity contribution in [3.05, 3.63) is 35.6 Å². The normalized spacial score (nSPS) is 27.5. The van der Waals surface area contributed by atoms with Crippen LogP contribution in [-0.4, -0.2) is 48.9 Å². The molecule has 0 bridgehead atoms. The zero-order chi connectivity index (χ0) is 19.0. The Balaban J connectivity index is 1.31. The van der Waals surface area contributed by atoms with Crippen molar-refractivity contribution in [1.29, 1.82) is 0 Å². The van der Waals surface area contributed by atoms with Crippen LogP contribution < -0.4 is 10.9 Å². The van der Waals surface area contributed by atoms with Gasteiger partial charge in [-0.1, -0.05) is 31.4 Å². The standard InChI is InChI=1S/C19H26FN3O3S/c20-14-8-6-13(7-9-14)17-10-18(22-21-17)19(24)23-11-16(12-23)27(25,26)15-4-2-1-3-5-15/h6-9,15-18,21-22H,1-5,10-12H2. The largest absolute Gasteiger partial charge is 0.339 e. The molecule has 2 atom stereocenters. The molecule has 4 rings (SSSR count). The minimum atomic E-state index is -3.14. The summed E-state index contributed by atoms with van der Waals surface area (Å²) in [7, 11) is -3.14. The Morgan fingerprint density at radius 1 is 1.00 bits per heavy atom. The van der Waals surface area contributed by atoms with Gasteiger partial charge in [-0.05, 0) is 37.0 Å². The Hall–Kier alpha value is -1.51. The van der Waals surface area contributed by atoms with E-state index in [1.165, 1.54) is 12.1 Å². The number of rotatable bonds is 4. The van der Waals surface area contributed by atoms with Gasteiger partial charge in [0.05, 0.1) is 10.5 Å². The molecular weight excluding hydrogens is 369 g/mol. The average Bonchev–Trinajstić information content (AvgIpc) is 3.12. The molecule has 1 amide bonds. The van der Waals surface area contributed by atoms with Gasteiger partial charge in [0.2, 0.25) is 5.91 Å². The van der Waals surface area contributed by atoms with Crippen molar-refractivity contribution < 1.29 is 17.6 Å². The summed E-state index contributed by atoms with van der Waals surface area (Å²) in [5.74, 6) is -0.356. The fraction of sp³-hybridized carbons (Fsp3) is 0.632. The van der Waals surface area contributed by atoms with Crippen LogP contribution in [0.25, 0.3) is 0 Å². The van der Waals surface area contributed by atoms with E-state index in [1.807, 2.05) is 0 Å². The van der Waals surface area contributed by atoms with Crippen molar-refractivity contribution in [2.45, 2.75) is 61.1 Å². The molecule has 8 heteroatoms. The van der Waals surface area contributed by atoms with Gasteiger partial charge in [-0.2, -0.15) is 0 Å². The average molecular weight is 396 g/mol. The van der Waals surface area contributed by atoms with E-state index in [4.69, 9.17) is 0 Å². The first-order valence-corrected chi connectivity index (χ1v) is 11.3. The van der Waals surface area contributed by atoms with E-state index in [9.17, 15) is 17.6 Å². The van der Waals surface area contributed by atoms with Crippen molar-refractivity contribution >= 4 is 15.7 Å². The molecular formula is C19H26FN3O3S. The van der Waals surface area contributed by atoms with E-state index < -0.39 is 21.1 Å². The summed E-state index contributed by atoms with van der Waals surface area (Å²) >= 11 is 0. The Morgan fingerprint density at radius 3 is 2.33 bits per heavy atom. The number of hydrogen-bond acceptors (Lipinski definition) is 5. The number of benzene rings is 1. The molecule has 1 aliphatic carbocycles. The van der Waals surface area contributed by atoms with Crippen LogP contribution in [0.5, 0.6) is 0 Å². The van der Waals surface area contributed by atoms with E-state index in [-0.39, 0.29) is 23.0 Å². The van der Waals surface area contributed by atoms with Gasteiger partial charge in [-0.15, -0.1) is 0 Å². The predicted molar refractivity (Wildman–Crippen MR) is 100.0 cm³/mol. The number of carbonyl (C=O) groups excluding carboxylic acids is 1. The molecule has 1 aromatic rings. The molecule has 2 heterocycles. The van der Waals surface area contributed by atoms with Gasteiger partial charge in [0.1, 0.15) is 11.9 Å². The Kier molecular flexibility index (Phi) is 5.22.